The normalized spacial score (nSPS) is 16.2. The number of aromatic nitrogens is 1. The van der Waals surface area contributed by atoms with Gasteiger partial charge in [0.05, 0.1) is 18.0 Å². The number of rotatable bonds is 6. The number of thiophene rings is 1. The fourth-order valence-corrected chi connectivity index (χ4v) is 4.67. The van der Waals surface area contributed by atoms with Crippen LogP contribution in [-0.4, -0.2) is 48.6 Å². The fraction of sp³-hybridized carbons (Fsp3) is 0.348. The molecule has 1 aromatic carbocycles. The van der Waals surface area contributed by atoms with Crippen LogP contribution in [-0.2, 0) is 11.0 Å². The first-order chi connectivity index (χ1) is 15.3. The second kappa shape index (κ2) is 9.38. The molecule has 0 unspecified atom stereocenters. The minimum absolute atomic E-state index is 0.118. The number of hydrogen-bond donors (Lipinski definition) is 1. The Morgan fingerprint density at radius 1 is 1.12 bits per heavy atom. The number of benzene rings is 1. The minimum atomic E-state index is -4.51. The number of piperazine rings is 1. The number of anilines is 2. The van der Waals surface area contributed by atoms with E-state index < -0.39 is 11.7 Å². The summed E-state index contributed by atoms with van der Waals surface area (Å²) in [5.41, 5.74) is 0.575. The molecule has 2 aromatic heterocycles. The molecular formula is C23H25F3N4OS. The van der Waals surface area contributed by atoms with Crippen LogP contribution in [0.3, 0.4) is 0 Å². The molecule has 1 aliphatic heterocycles. The Morgan fingerprint density at radius 3 is 2.47 bits per heavy atom. The number of amides is 1. The summed E-state index contributed by atoms with van der Waals surface area (Å²) in [6, 6.07) is 9.55. The van der Waals surface area contributed by atoms with Crippen LogP contribution in [0, 0.1) is 0 Å². The lowest BCUT2D eigenvalue weighted by atomic mass is 10.1. The van der Waals surface area contributed by atoms with Crippen LogP contribution in [0.25, 0.3) is 0 Å². The predicted molar refractivity (Wildman–Crippen MR) is 121 cm³/mol. The third kappa shape index (κ3) is 5.16. The molecule has 3 aromatic rings. The Bertz CT molecular complexity index is 992. The van der Waals surface area contributed by atoms with E-state index in [0.29, 0.717) is 26.2 Å². The standard InChI is InChI=1S/C23H25F3N4OS/c1-28-9-11-30(12-10-28)20-5-4-18(14-19(20)23(24,25)26)27-22(31)15-21(17-6-13-32-16-17)29-7-2-3-8-29/h2-8,13-14,16,21H,9-12,15H2,1H3,(H,27,31)/t21-/m1/s1. The molecule has 1 fully saturated rings. The summed E-state index contributed by atoms with van der Waals surface area (Å²) in [6.45, 7) is 2.48. The molecule has 1 saturated heterocycles. The van der Waals surface area contributed by atoms with E-state index in [1.807, 2.05) is 53.0 Å². The molecule has 9 heteroatoms. The Labute approximate surface area is 189 Å². The number of nitrogens with one attached hydrogen (secondary N) is 1. The van der Waals surface area contributed by atoms with Gasteiger partial charge in [0.1, 0.15) is 0 Å². The summed E-state index contributed by atoms with van der Waals surface area (Å²) < 4.78 is 43.4. The monoisotopic (exact) mass is 462 g/mol. The molecule has 1 aliphatic rings. The van der Waals surface area contributed by atoms with Crippen LogP contribution >= 0.6 is 11.3 Å². The highest BCUT2D eigenvalue weighted by Gasteiger charge is 2.36. The van der Waals surface area contributed by atoms with E-state index in [-0.39, 0.29) is 29.7 Å². The molecule has 32 heavy (non-hydrogen) atoms. The SMILES string of the molecule is CN1CCN(c2ccc(NC(=O)C[C@H](c3ccsc3)n3cccc3)cc2C(F)(F)F)CC1. The van der Waals surface area contributed by atoms with Crippen molar-refractivity contribution in [2.24, 2.45) is 0 Å². The Hall–Kier alpha value is -2.78. The van der Waals surface area contributed by atoms with Gasteiger partial charge in [-0.1, -0.05) is 0 Å². The number of nitrogens with zero attached hydrogens (tertiary/aromatic N) is 3. The third-order valence-corrected chi connectivity index (χ3v) is 6.43. The van der Waals surface area contributed by atoms with Crippen LogP contribution in [0.5, 0.6) is 0 Å². The summed E-state index contributed by atoms with van der Waals surface area (Å²) in [7, 11) is 1.96. The van der Waals surface area contributed by atoms with Crippen molar-refractivity contribution in [3.05, 3.63) is 70.7 Å². The number of carbonyl (C=O) groups is 1. The van der Waals surface area contributed by atoms with Crippen molar-refractivity contribution in [1.29, 1.82) is 0 Å². The summed E-state index contributed by atoms with van der Waals surface area (Å²) >= 11 is 1.54. The molecule has 0 bridgehead atoms. The quantitative estimate of drug-likeness (QED) is 0.564. The zero-order valence-corrected chi connectivity index (χ0v) is 18.5. The van der Waals surface area contributed by atoms with E-state index in [4.69, 9.17) is 0 Å². The van der Waals surface area contributed by atoms with Gasteiger partial charge in [-0.2, -0.15) is 24.5 Å². The molecule has 3 heterocycles. The molecule has 4 rings (SSSR count). The highest BCUT2D eigenvalue weighted by molar-refractivity contribution is 7.08. The van der Waals surface area contributed by atoms with Crippen LogP contribution in [0.2, 0.25) is 0 Å². The lowest BCUT2D eigenvalue weighted by Crippen LogP contribution is -2.45. The zero-order chi connectivity index (χ0) is 22.7. The third-order valence-electron chi connectivity index (χ3n) is 5.72. The second-order valence-electron chi connectivity index (χ2n) is 7.98. The van der Waals surface area contributed by atoms with Crippen molar-refractivity contribution in [1.82, 2.24) is 9.47 Å². The van der Waals surface area contributed by atoms with Gasteiger partial charge in [0, 0.05) is 49.9 Å². The molecule has 0 aliphatic carbocycles. The lowest BCUT2D eigenvalue weighted by molar-refractivity contribution is -0.137. The number of likely N-dealkylation sites (N-methyl/N-ethyl adjacent to an activating group) is 1. The molecular weight excluding hydrogens is 437 g/mol. The summed E-state index contributed by atoms with van der Waals surface area (Å²) in [6.07, 6.45) is -0.638. The fourth-order valence-electron chi connectivity index (χ4n) is 3.97. The Kier molecular flexibility index (Phi) is 6.57. The smallest absolute Gasteiger partial charge is 0.368 e. The maximum atomic E-state index is 13.8. The lowest BCUT2D eigenvalue weighted by Gasteiger charge is -2.35. The Balaban J connectivity index is 1.53. The van der Waals surface area contributed by atoms with Crippen LogP contribution in [0.1, 0.15) is 23.6 Å². The molecule has 0 spiro atoms. The van der Waals surface area contributed by atoms with Crippen LogP contribution in [0.15, 0.2) is 59.6 Å². The average Bonchev–Trinajstić information content (AvgIpc) is 3.47. The number of alkyl halides is 3. The first kappa shape index (κ1) is 22.4. The van der Waals surface area contributed by atoms with Crippen LogP contribution < -0.4 is 10.2 Å². The Morgan fingerprint density at radius 2 is 1.84 bits per heavy atom. The zero-order valence-electron chi connectivity index (χ0n) is 17.7. The number of carbonyl (C=O) groups excluding carboxylic acids is 1. The van der Waals surface area contributed by atoms with Crippen molar-refractivity contribution in [2.75, 3.05) is 43.4 Å². The molecule has 0 saturated carbocycles. The first-order valence-electron chi connectivity index (χ1n) is 10.4. The van der Waals surface area contributed by atoms with Gasteiger partial charge in [0.2, 0.25) is 5.91 Å². The summed E-state index contributed by atoms with van der Waals surface area (Å²) in [5, 5.41) is 6.59. The summed E-state index contributed by atoms with van der Waals surface area (Å²) in [4.78, 5) is 16.6. The van der Waals surface area contributed by atoms with E-state index in [9.17, 15) is 18.0 Å². The van der Waals surface area contributed by atoms with Gasteiger partial charge in [-0.05, 0) is 59.8 Å². The second-order valence-corrected chi connectivity index (χ2v) is 8.76. The largest absolute Gasteiger partial charge is 0.418 e. The molecule has 170 valence electrons. The van der Waals surface area contributed by atoms with Crippen molar-refractivity contribution in [3.8, 4) is 0 Å². The topological polar surface area (TPSA) is 40.5 Å². The number of hydrogen-bond acceptors (Lipinski definition) is 4. The van der Waals surface area contributed by atoms with Crippen molar-refractivity contribution in [2.45, 2.75) is 18.6 Å². The van der Waals surface area contributed by atoms with E-state index in [1.54, 1.807) is 11.0 Å². The summed E-state index contributed by atoms with van der Waals surface area (Å²) in [5.74, 6) is -0.338. The first-order valence-corrected chi connectivity index (χ1v) is 11.3. The van der Waals surface area contributed by atoms with E-state index in [2.05, 4.69) is 10.2 Å². The van der Waals surface area contributed by atoms with E-state index in [1.165, 1.54) is 17.4 Å². The highest BCUT2D eigenvalue weighted by Crippen LogP contribution is 2.38. The minimum Gasteiger partial charge on any atom is -0.368 e. The van der Waals surface area contributed by atoms with Crippen molar-refractivity contribution < 1.29 is 18.0 Å². The molecule has 1 atom stereocenters. The highest BCUT2D eigenvalue weighted by atomic mass is 32.1. The van der Waals surface area contributed by atoms with Gasteiger partial charge >= 0.3 is 6.18 Å². The molecule has 5 nitrogen and oxygen atoms in total. The van der Waals surface area contributed by atoms with Crippen molar-refractivity contribution >= 4 is 28.6 Å². The van der Waals surface area contributed by atoms with Gasteiger partial charge in [-0.25, -0.2) is 0 Å². The van der Waals surface area contributed by atoms with E-state index >= 15 is 0 Å². The maximum Gasteiger partial charge on any atom is 0.418 e. The number of halogens is 3. The van der Waals surface area contributed by atoms with Gasteiger partial charge in [0.25, 0.3) is 0 Å². The molecule has 1 amide bonds. The van der Waals surface area contributed by atoms with Gasteiger partial charge in [-0.3, -0.25) is 4.79 Å². The molecule has 1 N–H and O–H groups in total. The van der Waals surface area contributed by atoms with Gasteiger partial charge < -0.3 is 19.7 Å². The predicted octanol–water partition coefficient (Wildman–Crippen LogP) is 4.94. The maximum absolute atomic E-state index is 13.8. The van der Waals surface area contributed by atoms with Gasteiger partial charge in [0.15, 0.2) is 0 Å². The van der Waals surface area contributed by atoms with Crippen LogP contribution in [0.4, 0.5) is 24.5 Å². The van der Waals surface area contributed by atoms with E-state index in [0.717, 1.165) is 11.6 Å². The molecule has 0 radical (unpaired) electrons. The average molecular weight is 463 g/mol. The van der Waals surface area contributed by atoms with Crippen molar-refractivity contribution in [3.63, 3.8) is 0 Å². The van der Waals surface area contributed by atoms with Gasteiger partial charge in [-0.15, -0.1) is 0 Å².